The zero-order chi connectivity index (χ0) is 14.5. The van der Waals surface area contributed by atoms with E-state index < -0.39 is 0 Å². The van der Waals surface area contributed by atoms with Gasteiger partial charge in [0, 0.05) is 50.8 Å². The number of nitrogens with zero attached hydrogens (tertiary/aromatic N) is 2. The molecular formula is C16H31N3O2. The van der Waals surface area contributed by atoms with Gasteiger partial charge < -0.3 is 19.7 Å². The minimum atomic E-state index is 0.645. The van der Waals surface area contributed by atoms with Gasteiger partial charge in [0.15, 0.2) is 0 Å². The van der Waals surface area contributed by atoms with Crippen molar-refractivity contribution in [3.8, 4) is 0 Å². The van der Waals surface area contributed by atoms with Crippen LogP contribution in [0, 0.1) is 5.92 Å². The molecule has 21 heavy (non-hydrogen) atoms. The maximum absolute atomic E-state index is 5.72. The standard InChI is InChI=1S/C16H31N3O2/c1-2-17-16-4-8-21-13-14(16)11-18-5-3-15(12-18)19-6-9-20-10-7-19/h14-17H,2-13H2,1H3. The van der Waals surface area contributed by atoms with Gasteiger partial charge in [-0.15, -0.1) is 0 Å². The fraction of sp³-hybridized carbons (Fsp3) is 1.00. The molecular weight excluding hydrogens is 266 g/mol. The van der Waals surface area contributed by atoms with E-state index in [1.807, 2.05) is 0 Å². The highest BCUT2D eigenvalue weighted by atomic mass is 16.5. The molecule has 3 atom stereocenters. The second kappa shape index (κ2) is 7.88. The lowest BCUT2D eigenvalue weighted by atomic mass is 9.95. The van der Waals surface area contributed by atoms with Gasteiger partial charge in [0.1, 0.15) is 0 Å². The molecule has 0 aromatic carbocycles. The highest BCUT2D eigenvalue weighted by Gasteiger charge is 2.32. The van der Waals surface area contributed by atoms with Crippen LogP contribution in [0.25, 0.3) is 0 Å². The molecule has 0 saturated carbocycles. The fourth-order valence-corrected chi connectivity index (χ4v) is 4.06. The molecule has 0 amide bonds. The van der Waals surface area contributed by atoms with E-state index in [1.54, 1.807) is 0 Å². The Morgan fingerprint density at radius 3 is 2.71 bits per heavy atom. The van der Waals surface area contributed by atoms with Crippen molar-refractivity contribution < 1.29 is 9.47 Å². The Balaban J connectivity index is 1.46. The third-order valence-corrected chi connectivity index (χ3v) is 5.24. The molecule has 0 aromatic rings. The van der Waals surface area contributed by atoms with Crippen molar-refractivity contribution in [3.63, 3.8) is 0 Å². The van der Waals surface area contributed by atoms with E-state index in [4.69, 9.17) is 9.47 Å². The van der Waals surface area contributed by atoms with Crippen LogP contribution in [0.4, 0.5) is 0 Å². The maximum atomic E-state index is 5.72. The number of hydrogen-bond donors (Lipinski definition) is 1. The highest BCUT2D eigenvalue weighted by Crippen LogP contribution is 2.21. The van der Waals surface area contributed by atoms with Crippen molar-refractivity contribution in [1.82, 2.24) is 15.1 Å². The average Bonchev–Trinajstić information content (AvgIpc) is 2.99. The second-order valence-corrected chi connectivity index (χ2v) is 6.64. The maximum Gasteiger partial charge on any atom is 0.0594 e. The van der Waals surface area contributed by atoms with E-state index in [1.165, 1.54) is 32.5 Å². The summed E-state index contributed by atoms with van der Waals surface area (Å²) in [5, 5.41) is 3.65. The molecule has 0 spiro atoms. The summed E-state index contributed by atoms with van der Waals surface area (Å²) < 4.78 is 11.2. The van der Waals surface area contributed by atoms with Crippen LogP contribution < -0.4 is 5.32 Å². The van der Waals surface area contributed by atoms with Gasteiger partial charge in [0.05, 0.1) is 19.8 Å². The van der Waals surface area contributed by atoms with E-state index in [-0.39, 0.29) is 0 Å². The lowest BCUT2D eigenvalue weighted by Gasteiger charge is -2.35. The topological polar surface area (TPSA) is 37.0 Å². The number of rotatable bonds is 5. The Hall–Kier alpha value is -0.200. The van der Waals surface area contributed by atoms with Crippen molar-refractivity contribution in [3.05, 3.63) is 0 Å². The number of ether oxygens (including phenoxy) is 2. The van der Waals surface area contributed by atoms with Crippen molar-refractivity contribution in [2.45, 2.75) is 31.8 Å². The molecule has 5 heteroatoms. The smallest absolute Gasteiger partial charge is 0.0594 e. The molecule has 0 bridgehead atoms. The zero-order valence-electron chi connectivity index (χ0n) is 13.4. The van der Waals surface area contributed by atoms with Crippen LogP contribution in [0.5, 0.6) is 0 Å². The van der Waals surface area contributed by atoms with E-state index in [9.17, 15) is 0 Å². The molecule has 0 aromatic heterocycles. The first kappa shape index (κ1) is 15.7. The first-order valence-corrected chi connectivity index (χ1v) is 8.72. The Kier molecular flexibility index (Phi) is 5.89. The molecule has 5 nitrogen and oxygen atoms in total. The summed E-state index contributed by atoms with van der Waals surface area (Å²) in [4.78, 5) is 5.28. The first-order valence-electron chi connectivity index (χ1n) is 8.72. The third kappa shape index (κ3) is 4.17. The molecule has 1 N–H and O–H groups in total. The molecule has 3 unspecified atom stereocenters. The van der Waals surface area contributed by atoms with Crippen LogP contribution in [0.1, 0.15) is 19.8 Å². The molecule has 3 aliphatic heterocycles. The molecule has 0 radical (unpaired) electrons. The van der Waals surface area contributed by atoms with Crippen LogP contribution in [0.2, 0.25) is 0 Å². The van der Waals surface area contributed by atoms with Gasteiger partial charge >= 0.3 is 0 Å². The third-order valence-electron chi connectivity index (χ3n) is 5.24. The van der Waals surface area contributed by atoms with Crippen molar-refractivity contribution in [2.75, 3.05) is 65.7 Å². The van der Waals surface area contributed by atoms with Gasteiger partial charge in [-0.05, 0) is 25.9 Å². The quantitative estimate of drug-likeness (QED) is 0.795. The van der Waals surface area contributed by atoms with Gasteiger partial charge in [0.25, 0.3) is 0 Å². The van der Waals surface area contributed by atoms with Crippen LogP contribution in [-0.4, -0.2) is 87.6 Å². The molecule has 3 saturated heterocycles. The number of nitrogens with one attached hydrogen (secondary N) is 1. The Morgan fingerprint density at radius 1 is 1.05 bits per heavy atom. The molecule has 3 heterocycles. The Morgan fingerprint density at radius 2 is 1.90 bits per heavy atom. The second-order valence-electron chi connectivity index (χ2n) is 6.64. The van der Waals surface area contributed by atoms with Gasteiger partial charge in [-0.1, -0.05) is 6.92 Å². The van der Waals surface area contributed by atoms with Crippen LogP contribution in [0.15, 0.2) is 0 Å². The summed E-state index contributed by atoms with van der Waals surface area (Å²) >= 11 is 0. The van der Waals surface area contributed by atoms with Crippen LogP contribution in [-0.2, 0) is 9.47 Å². The minimum Gasteiger partial charge on any atom is -0.381 e. The number of morpholine rings is 1. The van der Waals surface area contributed by atoms with E-state index >= 15 is 0 Å². The highest BCUT2D eigenvalue weighted by molar-refractivity contribution is 4.88. The molecule has 3 fully saturated rings. The molecule has 122 valence electrons. The van der Waals surface area contributed by atoms with E-state index in [0.717, 1.165) is 52.1 Å². The summed E-state index contributed by atoms with van der Waals surface area (Å²) in [6, 6.07) is 1.39. The Labute approximate surface area is 128 Å². The average molecular weight is 297 g/mol. The normalized spacial score (nSPS) is 36.1. The van der Waals surface area contributed by atoms with Gasteiger partial charge in [-0.2, -0.15) is 0 Å². The Bertz CT molecular complexity index is 308. The molecule has 3 aliphatic rings. The zero-order valence-corrected chi connectivity index (χ0v) is 13.4. The largest absolute Gasteiger partial charge is 0.381 e. The SMILES string of the molecule is CCNC1CCOCC1CN1CCC(N2CCOCC2)C1. The lowest BCUT2D eigenvalue weighted by Crippen LogP contribution is -2.48. The summed E-state index contributed by atoms with van der Waals surface area (Å²) in [6.07, 6.45) is 2.48. The summed E-state index contributed by atoms with van der Waals surface area (Å²) in [6.45, 7) is 12.8. The predicted octanol–water partition coefficient (Wildman–Crippen LogP) is 0.408. The van der Waals surface area contributed by atoms with Crippen molar-refractivity contribution in [1.29, 1.82) is 0 Å². The van der Waals surface area contributed by atoms with Crippen LogP contribution >= 0.6 is 0 Å². The van der Waals surface area contributed by atoms with Gasteiger partial charge in [-0.25, -0.2) is 0 Å². The molecule has 0 aliphatic carbocycles. The predicted molar refractivity (Wildman–Crippen MR) is 83.6 cm³/mol. The first-order chi connectivity index (χ1) is 10.4. The minimum absolute atomic E-state index is 0.645. The number of hydrogen-bond acceptors (Lipinski definition) is 5. The summed E-state index contributed by atoms with van der Waals surface area (Å²) in [7, 11) is 0. The van der Waals surface area contributed by atoms with Gasteiger partial charge in [-0.3, -0.25) is 4.90 Å². The molecule has 3 rings (SSSR count). The van der Waals surface area contributed by atoms with E-state index in [0.29, 0.717) is 12.0 Å². The fourth-order valence-electron chi connectivity index (χ4n) is 4.06. The van der Waals surface area contributed by atoms with E-state index in [2.05, 4.69) is 22.0 Å². The lowest BCUT2D eigenvalue weighted by molar-refractivity contribution is 0.0107. The summed E-state index contributed by atoms with van der Waals surface area (Å²) in [5.74, 6) is 0.655. The van der Waals surface area contributed by atoms with Gasteiger partial charge in [0.2, 0.25) is 0 Å². The monoisotopic (exact) mass is 297 g/mol. The van der Waals surface area contributed by atoms with Crippen LogP contribution in [0.3, 0.4) is 0 Å². The number of likely N-dealkylation sites (tertiary alicyclic amines) is 1. The van der Waals surface area contributed by atoms with Crippen molar-refractivity contribution >= 4 is 0 Å². The summed E-state index contributed by atoms with van der Waals surface area (Å²) in [5.41, 5.74) is 0. The van der Waals surface area contributed by atoms with Crippen molar-refractivity contribution in [2.24, 2.45) is 5.92 Å².